The fourth-order valence-corrected chi connectivity index (χ4v) is 2.23. The Bertz CT molecular complexity index is 668. The first-order valence-electron chi connectivity index (χ1n) is 6.21. The van der Waals surface area contributed by atoms with Crippen LogP contribution in [-0.4, -0.2) is 21.7 Å². The Morgan fingerprint density at radius 2 is 1.95 bits per heavy atom. The van der Waals surface area contributed by atoms with Crippen molar-refractivity contribution < 1.29 is 14.7 Å². The van der Waals surface area contributed by atoms with Crippen LogP contribution in [0.4, 0.5) is 0 Å². The molecule has 100 valence electrons. The molecule has 1 aromatic carbocycles. The molecular formula is C15H12N2O3. The van der Waals surface area contributed by atoms with Crippen molar-refractivity contribution >= 4 is 11.5 Å². The van der Waals surface area contributed by atoms with Crippen LogP contribution in [-0.2, 0) is 0 Å². The molecule has 2 aromatic rings. The molecule has 1 atom stereocenters. The van der Waals surface area contributed by atoms with Gasteiger partial charge in [0, 0.05) is 18.8 Å². The molecule has 1 aliphatic heterocycles. The number of ketones is 1. The number of oxime groups is 1. The number of hydrogen-bond acceptors (Lipinski definition) is 5. The van der Waals surface area contributed by atoms with Gasteiger partial charge in [-0.15, -0.1) is 0 Å². The molecule has 5 nitrogen and oxygen atoms in total. The first-order valence-corrected chi connectivity index (χ1v) is 6.21. The van der Waals surface area contributed by atoms with Gasteiger partial charge in [0.2, 0.25) is 5.78 Å². The standard InChI is InChI=1S/C15H12N2O3/c18-15-11-3-1-2-4-13(11)20-14(9-12(15)17-19)10-5-7-16-8-6-10/h1-8,14,19H,9H2. The van der Waals surface area contributed by atoms with Crippen LogP contribution in [0.2, 0.25) is 0 Å². The van der Waals surface area contributed by atoms with Crippen LogP contribution >= 0.6 is 0 Å². The molecule has 0 fully saturated rings. The lowest BCUT2D eigenvalue weighted by Crippen LogP contribution is -2.16. The van der Waals surface area contributed by atoms with Crippen LogP contribution in [0.25, 0.3) is 0 Å². The molecule has 0 radical (unpaired) electrons. The van der Waals surface area contributed by atoms with E-state index in [-0.39, 0.29) is 24.0 Å². The van der Waals surface area contributed by atoms with E-state index in [9.17, 15) is 4.79 Å². The van der Waals surface area contributed by atoms with Crippen molar-refractivity contribution in [3.05, 3.63) is 59.9 Å². The second-order valence-electron chi connectivity index (χ2n) is 4.46. The highest BCUT2D eigenvalue weighted by Gasteiger charge is 2.29. The van der Waals surface area contributed by atoms with Crippen LogP contribution in [0.5, 0.6) is 5.75 Å². The molecule has 0 amide bonds. The summed E-state index contributed by atoms with van der Waals surface area (Å²) >= 11 is 0. The number of fused-ring (bicyclic) bond motifs is 1. The highest BCUT2D eigenvalue weighted by molar-refractivity contribution is 6.46. The maximum Gasteiger partial charge on any atom is 0.214 e. The van der Waals surface area contributed by atoms with Crippen molar-refractivity contribution in [2.75, 3.05) is 0 Å². The Hall–Kier alpha value is -2.69. The molecule has 1 unspecified atom stereocenters. The van der Waals surface area contributed by atoms with Crippen molar-refractivity contribution in [3.63, 3.8) is 0 Å². The van der Waals surface area contributed by atoms with Crippen LogP contribution in [0.1, 0.15) is 28.4 Å². The minimum absolute atomic E-state index is 0.0942. The lowest BCUT2D eigenvalue weighted by atomic mass is 10.0. The summed E-state index contributed by atoms with van der Waals surface area (Å²) in [5, 5.41) is 12.2. The van der Waals surface area contributed by atoms with Crippen molar-refractivity contribution in [3.8, 4) is 5.75 Å². The Morgan fingerprint density at radius 3 is 2.70 bits per heavy atom. The number of carbonyl (C=O) groups excluding carboxylic acids is 1. The molecule has 1 N–H and O–H groups in total. The van der Waals surface area contributed by atoms with E-state index in [1.165, 1.54) is 0 Å². The zero-order chi connectivity index (χ0) is 13.9. The third kappa shape index (κ3) is 2.14. The number of para-hydroxylation sites is 1. The minimum atomic E-state index is -0.378. The van der Waals surface area contributed by atoms with Crippen molar-refractivity contribution in [2.24, 2.45) is 5.16 Å². The summed E-state index contributed by atoms with van der Waals surface area (Å²) in [6.45, 7) is 0. The summed E-state index contributed by atoms with van der Waals surface area (Å²) in [5.74, 6) is 0.192. The third-order valence-electron chi connectivity index (χ3n) is 3.24. The summed E-state index contributed by atoms with van der Waals surface area (Å²) in [7, 11) is 0. The lowest BCUT2D eigenvalue weighted by Gasteiger charge is -2.16. The van der Waals surface area contributed by atoms with Gasteiger partial charge < -0.3 is 9.94 Å². The second-order valence-corrected chi connectivity index (χ2v) is 4.46. The number of benzene rings is 1. The Balaban J connectivity index is 2.07. The molecule has 0 bridgehead atoms. The van der Waals surface area contributed by atoms with Crippen LogP contribution in [0.15, 0.2) is 53.9 Å². The van der Waals surface area contributed by atoms with E-state index < -0.39 is 0 Å². The van der Waals surface area contributed by atoms with E-state index in [1.807, 2.05) is 12.1 Å². The van der Waals surface area contributed by atoms with Crippen LogP contribution in [0, 0.1) is 0 Å². The average molecular weight is 268 g/mol. The molecule has 3 rings (SSSR count). The number of pyridine rings is 1. The zero-order valence-electron chi connectivity index (χ0n) is 10.6. The van der Waals surface area contributed by atoms with E-state index in [2.05, 4.69) is 10.1 Å². The Kier molecular flexibility index (Phi) is 3.16. The maximum absolute atomic E-state index is 12.3. The number of nitrogens with zero attached hydrogens (tertiary/aromatic N) is 2. The largest absolute Gasteiger partial charge is 0.485 e. The van der Waals surface area contributed by atoms with Crippen molar-refractivity contribution in [2.45, 2.75) is 12.5 Å². The molecule has 1 aromatic heterocycles. The van der Waals surface area contributed by atoms with Gasteiger partial charge in [-0.2, -0.15) is 0 Å². The molecule has 20 heavy (non-hydrogen) atoms. The molecule has 0 saturated heterocycles. The number of hydrogen-bond donors (Lipinski definition) is 1. The smallest absolute Gasteiger partial charge is 0.214 e. The van der Waals surface area contributed by atoms with Crippen LogP contribution in [0.3, 0.4) is 0 Å². The van der Waals surface area contributed by atoms with E-state index in [0.29, 0.717) is 11.3 Å². The SMILES string of the molecule is O=C1C(=NO)CC(c2ccncc2)Oc2ccccc21. The summed E-state index contributed by atoms with van der Waals surface area (Å²) in [4.78, 5) is 16.2. The van der Waals surface area contributed by atoms with Gasteiger partial charge in [0.25, 0.3) is 0 Å². The maximum atomic E-state index is 12.3. The number of Topliss-reactive ketones (excluding diaryl/α,β-unsaturated/α-hetero) is 1. The lowest BCUT2D eigenvalue weighted by molar-refractivity contribution is 0.106. The summed E-state index contributed by atoms with van der Waals surface area (Å²) in [6, 6.07) is 10.6. The van der Waals surface area contributed by atoms with Gasteiger partial charge in [0.15, 0.2) is 0 Å². The minimum Gasteiger partial charge on any atom is -0.485 e. The zero-order valence-corrected chi connectivity index (χ0v) is 10.6. The highest BCUT2D eigenvalue weighted by atomic mass is 16.5. The topological polar surface area (TPSA) is 71.8 Å². The number of carbonyl (C=O) groups is 1. The highest BCUT2D eigenvalue weighted by Crippen LogP contribution is 2.32. The number of aromatic nitrogens is 1. The average Bonchev–Trinajstić information content (AvgIpc) is 2.65. The van der Waals surface area contributed by atoms with Crippen molar-refractivity contribution in [1.29, 1.82) is 0 Å². The fraction of sp³-hybridized carbons (Fsp3) is 0.133. The molecule has 2 heterocycles. The predicted octanol–water partition coefficient (Wildman–Crippen LogP) is 2.62. The molecule has 0 spiro atoms. The third-order valence-corrected chi connectivity index (χ3v) is 3.24. The summed E-state index contributed by atoms with van der Waals surface area (Å²) in [5.41, 5.74) is 1.39. The monoisotopic (exact) mass is 268 g/mol. The summed E-state index contributed by atoms with van der Waals surface area (Å²) in [6.07, 6.45) is 3.16. The van der Waals surface area contributed by atoms with Gasteiger partial charge in [-0.1, -0.05) is 17.3 Å². The van der Waals surface area contributed by atoms with E-state index in [0.717, 1.165) is 5.56 Å². The molecule has 0 saturated carbocycles. The van der Waals surface area contributed by atoms with Crippen LogP contribution < -0.4 is 4.74 Å². The Morgan fingerprint density at radius 1 is 1.20 bits per heavy atom. The van der Waals surface area contributed by atoms with E-state index in [4.69, 9.17) is 9.94 Å². The fourth-order valence-electron chi connectivity index (χ4n) is 2.23. The van der Waals surface area contributed by atoms with Gasteiger partial charge in [-0.3, -0.25) is 9.78 Å². The normalized spacial score (nSPS) is 20.1. The van der Waals surface area contributed by atoms with Gasteiger partial charge in [0.05, 0.1) is 5.56 Å². The molecule has 0 aliphatic carbocycles. The molecule has 1 aliphatic rings. The molecular weight excluding hydrogens is 256 g/mol. The Labute approximate surface area is 115 Å². The quantitative estimate of drug-likeness (QED) is 0.637. The van der Waals surface area contributed by atoms with E-state index in [1.54, 1.807) is 36.7 Å². The number of rotatable bonds is 1. The first kappa shape index (κ1) is 12.3. The molecule has 5 heteroatoms. The first-order chi connectivity index (χ1) is 9.79. The van der Waals surface area contributed by atoms with Gasteiger partial charge in [-0.05, 0) is 29.8 Å². The second kappa shape index (κ2) is 5.13. The van der Waals surface area contributed by atoms with Gasteiger partial charge in [0.1, 0.15) is 17.6 Å². The van der Waals surface area contributed by atoms with Gasteiger partial charge >= 0.3 is 0 Å². The summed E-state index contributed by atoms with van der Waals surface area (Å²) < 4.78 is 5.90. The van der Waals surface area contributed by atoms with Crippen molar-refractivity contribution in [1.82, 2.24) is 4.98 Å². The number of ether oxygens (including phenoxy) is 1. The van der Waals surface area contributed by atoms with Gasteiger partial charge in [-0.25, -0.2) is 0 Å². The van der Waals surface area contributed by atoms with E-state index >= 15 is 0 Å². The predicted molar refractivity (Wildman–Crippen MR) is 72.2 cm³/mol.